The molecule has 0 aromatic heterocycles. The van der Waals surface area contributed by atoms with Gasteiger partial charge in [-0.25, -0.2) is 0 Å². The van der Waals surface area contributed by atoms with Crippen molar-refractivity contribution in [2.45, 2.75) is 19.4 Å². The van der Waals surface area contributed by atoms with Crippen molar-refractivity contribution >= 4 is 33.2 Å². The van der Waals surface area contributed by atoms with Crippen molar-refractivity contribution in [3.05, 3.63) is 59.1 Å². The maximum absolute atomic E-state index is 12.2. The molecule has 0 spiro atoms. The molecule has 0 unspecified atom stereocenters. The minimum Gasteiger partial charge on any atom is -0.374 e. The summed E-state index contributed by atoms with van der Waals surface area (Å²) in [6.07, 6.45) is 0.717. The van der Waals surface area contributed by atoms with E-state index in [1.54, 1.807) is 0 Å². The van der Waals surface area contributed by atoms with Gasteiger partial charge < -0.3 is 10.6 Å². The van der Waals surface area contributed by atoms with Crippen molar-refractivity contribution in [1.82, 2.24) is 0 Å². The maximum atomic E-state index is 12.2. The molecule has 0 aliphatic carbocycles. The smallest absolute Gasteiger partial charge is 0.246 e. The van der Waals surface area contributed by atoms with E-state index in [2.05, 4.69) is 26.6 Å². The Kier molecular flexibility index (Phi) is 5.18. The average molecular weight is 333 g/mol. The molecule has 0 heterocycles. The fourth-order valence-electron chi connectivity index (χ4n) is 1.85. The first-order valence-electron chi connectivity index (χ1n) is 6.57. The Morgan fingerprint density at radius 1 is 1.05 bits per heavy atom. The van der Waals surface area contributed by atoms with Crippen LogP contribution in [0.25, 0.3) is 0 Å². The lowest BCUT2D eigenvalue weighted by Gasteiger charge is -2.18. The van der Waals surface area contributed by atoms with Crippen molar-refractivity contribution in [1.29, 1.82) is 0 Å². The molecule has 0 fully saturated rings. The van der Waals surface area contributed by atoms with Crippen LogP contribution in [-0.2, 0) is 4.79 Å². The van der Waals surface area contributed by atoms with Crippen LogP contribution < -0.4 is 10.6 Å². The van der Waals surface area contributed by atoms with Gasteiger partial charge in [-0.1, -0.05) is 41.1 Å². The molecule has 2 rings (SSSR count). The van der Waals surface area contributed by atoms with Crippen LogP contribution >= 0.6 is 15.9 Å². The molecule has 0 bridgehead atoms. The summed E-state index contributed by atoms with van der Waals surface area (Å²) in [5.41, 5.74) is 1.75. The molecule has 0 aliphatic rings. The van der Waals surface area contributed by atoms with E-state index in [9.17, 15) is 4.79 Å². The molecule has 2 aromatic carbocycles. The molecule has 0 saturated carbocycles. The van der Waals surface area contributed by atoms with Gasteiger partial charge in [-0.3, -0.25) is 4.79 Å². The second-order valence-electron chi connectivity index (χ2n) is 4.47. The number of nitrogens with one attached hydrogen (secondary N) is 2. The number of carbonyl (C=O) groups is 1. The normalized spacial score (nSPS) is 11.7. The minimum atomic E-state index is -0.253. The van der Waals surface area contributed by atoms with Crippen molar-refractivity contribution < 1.29 is 4.79 Å². The fraction of sp³-hybridized carbons (Fsp3) is 0.188. The molecule has 0 aliphatic heterocycles. The summed E-state index contributed by atoms with van der Waals surface area (Å²) in [5.74, 6) is -0.0263. The van der Waals surface area contributed by atoms with Crippen LogP contribution in [0.15, 0.2) is 59.1 Å². The lowest BCUT2D eigenvalue weighted by Crippen LogP contribution is -2.34. The lowest BCUT2D eigenvalue weighted by atomic mass is 10.2. The third kappa shape index (κ3) is 4.10. The van der Waals surface area contributed by atoms with Crippen LogP contribution in [0, 0.1) is 0 Å². The first-order valence-corrected chi connectivity index (χ1v) is 7.36. The van der Waals surface area contributed by atoms with Crippen LogP contribution in [0.2, 0.25) is 0 Å². The highest BCUT2D eigenvalue weighted by atomic mass is 79.9. The topological polar surface area (TPSA) is 41.1 Å². The number of amides is 1. The van der Waals surface area contributed by atoms with Gasteiger partial charge >= 0.3 is 0 Å². The lowest BCUT2D eigenvalue weighted by molar-refractivity contribution is -0.116. The van der Waals surface area contributed by atoms with E-state index in [0.29, 0.717) is 6.42 Å². The second-order valence-corrected chi connectivity index (χ2v) is 5.38. The summed E-state index contributed by atoms with van der Waals surface area (Å²) in [5, 5.41) is 6.16. The number of hydrogen-bond donors (Lipinski definition) is 2. The zero-order chi connectivity index (χ0) is 14.4. The van der Waals surface area contributed by atoms with Crippen molar-refractivity contribution in [3.63, 3.8) is 0 Å². The van der Waals surface area contributed by atoms with Crippen molar-refractivity contribution in [2.75, 3.05) is 10.6 Å². The zero-order valence-electron chi connectivity index (χ0n) is 11.3. The van der Waals surface area contributed by atoms with Gasteiger partial charge in [0, 0.05) is 15.8 Å². The highest BCUT2D eigenvalue weighted by molar-refractivity contribution is 9.10. The number of para-hydroxylation sites is 1. The van der Waals surface area contributed by atoms with Gasteiger partial charge in [0.25, 0.3) is 0 Å². The third-order valence-electron chi connectivity index (χ3n) is 2.95. The Morgan fingerprint density at radius 3 is 2.30 bits per heavy atom. The molecule has 3 nitrogen and oxygen atoms in total. The molecule has 1 atom stereocenters. The number of benzene rings is 2. The largest absolute Gasteiger partial charge is 0.374 e. The molecule has 0 saturated heterocycles. The van der Waals surface area contributed by atoms with E-state index in [1.807, 2.05) is 61.5 Å². The Bertz CT molecular complexity index is 554. The number of rotatable bonds is 5. The Hall–Kier alpha value is -1.81. The quantitative estimate of drug-likeness (QED) is 0.858. The second kappa shape index (κ2) is 7.10. The zero-order valence-corrected chi connectivity index (χ0v) is 12.9. The average Bonchev–Trinajstić information content (AvgIpc) is 2.47. The van der Waals surface area contributed by atoms with E-state index in [1.165, 1.54) is 0 Å². The molecular weight excluding hydrogens is 316 g/mol. The Morgan fingerprint density at radius 2 is 1.70 bits per heavy atom. The number of halogens is 1. The van der Waals surface area contributed by atoms with E-state index in [4.69, 9.17) is 0 Å². The Labute approximate surface area is 127 Å². The maximum Gasteiger partial charge on any atom is 0.246 e. The predicted octanol–water partition coefficient (Wildman–Crippen LogP) is 4.28. The van der Waals surface area contributed by atoms with Crippen LogP contribution in [0.4, 0.5) is 11.4 Å². The molecule has 20 heavy (non-hydrogen) atoms. The summed E-state index contributed by atoms with van der Waals surface area (Å²) in [6, 6.07) is 17.0. The van der Waals surface area contributed by atoms with Crippen LogP contribution in [0.3, 0.4) is 0 Å². The summed E-state index contributed by atoms with van der Waals surface area (Å²) >= 11 is 3.39. The minimum absolute atomic E-state index is 0.0263. The van der Waals surface area contributed by atoms with E-state index in [-0.39, 0.29) is 11.9 Å². The Balaban J connectivity index is 2.00. The van der Waals surface area contributed by atoms with Gasteiger partial charge in [-0.2, -0.15) is 0 Å². The molecule has 1 amide bonds. The highest BCUT2D eigenvalue weighted by Crippen LogP contribution is 2.16. The van der Waals surface area contributed by atoms with Crippen molar-refractivity contribution in [3.8, 4) is 0 Å². The number of hydrogen-bond acceptors (Lipinski definition) is 2. The molecule has 0 radical (unpaired) electrons. The molecule has 104 valence electrons. The monoisotopic (exact) mass is 332 g/mol. The van der Waals surface area contributed by atoms with Gasteiger partial charge in [-0.05, 0) is 42.8 Å². The molecule has 2 aromatic rings. The summed E-state index contributed by atoms with van der Waals surface area (Å²) < 4.78 is 1.02. The summed E-state index contributed by atoms with van der Waals surface area (Å²) in [4.78, 5) is 12.2. The first kappa shape index (κ1) is 14.6. The van der Waals surface area contributed by atoms with Gasteiger partial charge in [-0.15, -0.1) is 0 Å². The standard InChI is InChI=1S/C16H17BrN2O/c1-2-15(18-14-10-8-12(17)9-11-14)16(20)19-13-6-4-3-5-7-13/h3-11,15,18H,2H2,1H3,(H,19,20)/t15-/m0/s1. The van der Waals surface area contributed by atoms with Gasteiger partial charge in [0.2, 0.25) is 5.91 Å². The third-order valence-corrected chi connectivity index (χ3v) is 3.48. The fourth-order valence-corrected chi connectivity index (χ4v) is 2.12. The van der Waals surface area contributed by atoms with Crippen LogP contribution in [-0.4, -0.2) is 11.9 Å². The SMILES string of the molecule is CC[C@H](Nc1ccc(Br)cc1)C(=O)Nc1ccccc1. The van der Waals surface area contributed by atoms with Gasteiger partial charge in [0.05, 0.1) is 0 Å². The van der Waals surface area contributed by atoms with E-state index < -0.39 is 0 Å². The molecule has 4 heteroatoms. The highest BCUT2D eigenvalue weighted by Gasteiger charge is 2.16. The summed E-state index contributed by atoms with van der Waals surface area (Å²) in [6.45, 7) is 1.99. The van der Waals surface area contributed by atoms with Crippen molar-refractivity contribution in [2.24, 2.45) is 0 Å². The molecule has 2 N–H and O–H groups in total. The van der Waals surface area contributed by atoms with Gasteiger partial charge in [0.1, 0.15) is 6.04 Å². The van der Waals surface area contributed by atoms with E-state index >= 15 is 0 Å². The molecular formula is C16H17BrN2O. The number of anilines is 2. The summed E-state index contributed by atoms with van der Waals surface area (Å²) in [7, 11) is 0. The first-order chi connectivity index (χ1) is 9.69. The van der Waals surface area contributed by atoms with Crippen LogP contribution in [0.5, 0.6) is 0 Å². The van der Waals surface area contributed by atoms with Crippen LogP contribution in [0.1, 0.15) is 13.3 Å². The number of carbonyl (C=O) groups excluding carboxylic acids is 1. The van der Waals surface area contributed by atoms with Gasteiger partial charge in [0.15, 0.2) is 0 Å². The predicted molar refractivity (Wildman–Crippen MR) is 86.9 cm³/mol. The van der Waals surface area contributed by atoms with E-state index in [0.717, 1.165) is 15.8 Å².